The molecule has 3 aliphatic heterocycles. The molecule has 5 heteroatoms. The number of quaternary nitrogens is 1. The monoisotopic (exact) mass is 403 g/mol. The third-order valence-corrected chi connectivity index (χ3v) is 7.13. The van der Waals surface area contributed by atoms with Gasteiger partial charge in [0.05, 0.1) is 12.2 Å². The Kier molecular flexibility index (Phi) is 4.40. The van der Waals surface area contributed by atoms with E-state index in [9.17, 15) is 14.4 Å². The summed E-state index contributed by atoms with van der Waals surface area (Å²) < 4.78 is 0. The number of nitrogens with zero attached hydrogens (tertiary/aromatic N) is 1. The molecule has 30 heavy (non-hydrogen) atoms. The van der Waals surface area contributed by atoms with Crippen LogP contribution in [0.1, 0.15) is 39.9 Å². The highest BCUT2D eigenvalue weighted by Gasteiger charge is 2.68. The number of hydrogen-bond acceptors (Lipinski definition) is 3. The smallest absolute Gasteiger partial charge is 0.244 e. The molecule has 0 saturated carbocycles. The highest BCUT2D eigenvalue weighted by molar-refractivity contribution is 6.24. The summed E-state index contributed by atoms with van der Waals surface area (Å²) in [4.78, 5) is 43.1. The van der Waals surface area contributed by atoms with E-state index < -0.39 is 17.9 Å². The average Bonchev–Trinajstić information content (AvgIpc) is 3.33. The molecule has 1 unspecified atom stereocenters. The minimum atomic E-state index is -0.563. The summed E-state index contributed by atoms with van der Waals surface area (Å²) in [5.74, 6) is -1.29. The third-order valence-electron chi connectivity index (χ3n) is 7.13. The Balaban J connectivity index is 1.56. The molecule has 5 atom stereocenters. The largest absolute Gasteiger partial charge is 0.322 e. The van der Waals surface area contributed by atoms with Crippen LogP contribution >= 0.6 is 0 Å². The fourth-order valence-electron chi connectivity index (χ4n) is 5.97. The van der Waals surface area contributed by atoms with Crippen molar-refractivity contribution in [2.75, 3.05) is 11.4 Å². The predicted molar refractivity (Wildman–Crippen MR) is 114 cm³/mol. The molecule has 3 saturated heterocycles. The highest BCUT2D eigenvalue weighted by atomic mass is 16.2. The van der Waals surface area contributed by atoms with Gasteiger partial charge in [0.2, 0.25) is 17.6 Å². The van der Waals surface area contributed by atoms with Crippen LogP contribution in [-0.2, 0) is 9.59 Å². The van der Waals surface area contributed by atoms with Gasteiger partial charge in [-0.25, -0.2) is 4.90 Å². The SMILES string of the molecule is Cc1ccc(C(=O)[C@@H]2[C@@H]3C(=O)N(c4cc(C)cc(C)c4)C(=O)[C@@H]3[C@H]3CCC[NH+]32)cc1. The molecule has 0 aliphatic carbocycles. The number of aryl methyl sites for hydroxylation is 3. The molecule has 5 nitrogen and oxygen atoms in total. The van der Waals surface area contributed by atoms with E-state index in [1.54, 1.807) is 0 Å². The summed E-state index contributed by atoms with van der Waals surface area (Å²) >= 11 is 0. The van der Waals surface area contributed by atoms with Crippen molar-refractivity contribution in [2.45, 2.75) is 45.7 Å². The number of Topliss-reactive ketones (excluding diaryl/α,β-unsaturated/α-hetero) is 1. The topological polar surface area (TPSA) is 58.9 Å². The number of benzene rings is 2. The van der Waals surface area contributed by atoms with Gasteiger partial charge >= 0.3 is 0 Å². The molecule has 2 aromatic rings. The van der Waals surface area contributed by atoms with Gasteiger partial charge in [-0.3, -0.25) is 14.4 Å². The highest BCUT2D eigenvalue weighted by Crippen LogP contribution is 2.40. The van der Waals surface area contributed by atoms with Gasteiger partial charge in [-0.1, -0.05) is 35.9 Å². The van der Waals surface area contributed by atoms with E-state index in [0.29, 0.717) is 11.3 Å². The zero-order valence-electron chi connectivity index (χ0n) is 17.6. The van der Waals surface area contributed by atoms with Crippen LogP contribution in [-0.4, -0.2) is 36.2 Å². The zero-order valence-corrected chi connectivity index (χ0v) is 17.6. The van der Waals surface area contributed by atoms with Gasteiger partial charge in [0.25, 0.3) is 0 Å². The summed E-state index contributed by atoms with van der Waals surface area (Å²) in [6.45, 7) is 6.77. The maximum atomic E-state index is 13.6. The van der Waals surface area contributed by atoms with Crippen molar-refractivity contribution >= 4 is 23.3 Å². The first-order chi connectivity index (χ1) is 14.4. The number of imide groups is 1. The van der Waals surface area contributed by atoms with E-state index in [1.807, 2.05) is 63.2 Å². The van der Waals surface area contributed by atoms with E-state index in [0.717, 1.165) is 41.0 Å². The Morgan fingerprint density at radius 1 is 0.900 bits per heavy atom. The lowest BCUT2D eigenvalue weighted by Crippen LogP contribution is -3.16. The Hall–Kier alpha value is -2.79. The van der Waals surface area contributed by atoms with Gasteiger partial charge in [-0.05, 0) is 44.0 Å². The summed E-state index contributed by atoms with van der Waals surface area (Å²) in [5, 5.41) is 0. The molecule has 5 rings (SSSR count). The molecular weight excluding hydrogens is 376 g/mol. The van der Waals surface area contributed by atoms with E-state index >= 15 is 0 Å². The number of rotatable bonds is 3. The zero-order chi connectivity index (χ0) is 21.2. The Bertz CT molecular complexity index is 1040. The van der Waals surface area contributed by atoms with Gasteiger partial charge in [0.1, 0.15) is 17.9 Å². The lowest BCUT2D eigenvalue weighted by molar-refractivity contribution is -0.915. The van der Waals surface area contributed by atoms with Crippen molar-refractivity contribution < 1.29 is 19.3 Å². The van der Waals surface area contributed by atoms with Gasteiger partial charge in [0, 0.05) is 18.4 Å². The molecule has 3 fully saturated rings. The molecule has 0 spiro atoms. The van der Waals surface area contributed by atoms with Crippen molar-refractivity contribution in [1.82, 2.24) is 0 Å². The maximum absolute atomic E-state index is 13.6. The number of ketones is 1. The Labute approximate surface area is 176 Å². The quantitative estimate of drug-likeness (QED) is 0.630. The second-order valence-electron chi connectivity index (χ2n) is 9.19. The van der Waals surface area contributed by atoms with Crippen molar-refractivity contribution in [3.05, 3.63) is 64.7 Å². The first-order valence-electron chi connectivity index (χ1n) is 10.8. The lowest BCUT2D eigenvalue weighted by Gasteiger charge is -2.25. The Morgan fingerprint density at radius 3 is 2.20 bits per heavy atom. The molecule has 2 amide bonds. The van der Waals surface area contributed by atoms with Crippen LogP contribution in [0.5, 0.6) is 0 Å². The summed E-state index contributed by atoms with van der Waals surface area (Å²) in [7, 11) is 0. The number of anilines is 1. The van der Waals surface area contributed by atoms with Gasteiger partial charge in [-0.2, -0.15) is 0 Å². The maximum Gasteiger partial charge on any atom is 0.244 e. The second kappa shape index (κ2) is 6.88. The second-order valence-corrected chi connectivity index (χ2v) is 9.19. The van der Waals surface area contributed by atoms with Crippen LogP contribution < -0.4 is 9.80 Å². The number of carbonyl (C=O) groups is 3. The predicted octanol–water partition coefficient (Wildman–Crippen LogP) is 2.03. The lowest BCUT2D eigenvalue weighted by atomic mass is 9.85. The van der Waals surface area contributed by atoms with E-state index in [1.165, 1.54) is 4.90 Å². The molecule has 3 heterocycles. The molecule has 0 bridgehead atoms. The fraction of sp³-hybridized carbons (Fsp3) is 0.400. The molecule has 154 valence electrons. The van der Waals surface area contributed by atoms with Crippen molar-refractivity contribution in [2.24, 2.45) is 11.8 Å². The fourth-order valence-corrected chi connectivity index (χ4v) is 5.97. The summed E-state index contributed by atoms with van der Waals surface area (Å²) in [5.41, 5.74) is 4.40. The van der Waals surface area contributed by atoms with Crippen molar-refractivity contribution in [1.29, 1.82) is 0 Å². The summed E-state index contributed by atoms with van der Waals surface area (Å²) in [6, 6.07) is 12.9. The molecule has 0 aromatic heterocycles. The average molecular weight is 404 g/mol. The Morgan fingerprint density at radius 2 is 1.53 bits per heavy atom. The molecular formula is C25H27N2O3+. The van der Waals surface area contributed by atoms with Gasteiger partial charge in [-0.15, -0.1) is 0 Å². The number of hydrogen-bond donors (Lipinski definition) is 1. The standard InChI is InChI=1S/C25H26N2O3/c1-14-6-8-17(9-7-14)23(28)22-21-20(19-5-4-10-26(19)22)24(29)27(25(21)30)18-12-15(2)11-16(3)13-18/h6-9,11-13,19-22H,4-5,10H2,1-3H3/p+1/t19-,20-,21-,22+/m1/s1. The first-order valence-corrected chi connectivity index (χ1v) is 10.8. The van der Waals surface area contributed by atoms with Crippen LogP contribution in [0.4, 0.5) is 5.69 Å². The third kappa shape index (κ3) is 2.76. The molecule has 3 aliphatic rings. The number of nitrogens with one attached hydrogen (secondary N) is 1. The van der Waals surface area contributed by atoms with E-state index in [4.69, 9.17) is 0 Å². The normalized spacial score (nSPS) is 30.0. The molecule has 1 N–H and O–H groups in total. The minimum Gasteiger partial charge on any atom is -0.322 e. The van der Waals surface area contributed by atoms with Gasteiger partial charge in [0.15, 0.2) is 6.04 Å². The van der Waals surface area contributed by atoms with Crippen molar-refractivity contribution in [3.63, 3.8) is 0 Å². The van der Waals surface area contributed by atoms with E-state index in [-0.39, 0.29) is 23.6 Å². The molecule has 2 aromatic carbocycles. The van der Waals surface area contributed by atoms with Crippen LogP contribution in [0.2, 0.25) is 0 Å². The number of amides is 2. The van der Waals surface area contributed by atoms with E-state index in [2.05, 4.69) is 0 Å². The van der Waals surface area contributed by atoms with Crippen molar-refractivity contribution in [3.8, 4) is 0 Å². The minimum absolute atomic E-state index is 0.00665. The van der Waals surface area contributed by atoms with Crippen LogP contribution in [0, 0.1) is 32.6 Å². The van der Waals surface area contributed by atoms with Crippen LogP contribution in [0.25, 0.3) is 0 Å². The van der Waals surface area contributed by atoms with Crippen LogP contribution in [0.15, 0.2) is 42.5 Å². The number of fused-ring (bicyclic) bond motifs is 3. The first kappa shape index (κ1) is 19.2. The summed E-state index contributed by atoms with van der Waals surface area (Å²) in [6.07, 6.45) is 1.89. The molecule has 0 radical (unpaired) electrons. The van der Waals surface area contributed by atoms with Gasteiger partial charge < -0.3 is 4.90 Å². The van der Waals surface area contributed by atoms with Crippen LogP contribution in [0.3, 0.4) is 0 Å². The number of carbonyl (C=O) groups excluding carboxylic acids is 3.